The number of carboxylic acid groups (broad SMARTS) is 1. The fourth-order valence-electron chi connectivity index (χ4n) is 3.08. The van der Waals surface area contributed by atoms with Crippen LogP contribution in [-0.2, 0) is 0 Å². The molecular weight excluding hydrogens is 330 g/mol. The van der Waals surface area contributed by atoms with Crippen molar-refractivity contribution in [2.75, 3.05) is 0 Å². The molecule has 26 heavy (non-hydrogen) atoms. The van der Waals surface area contributed by atoms with Gasteiger partial charge in [0.15, 0.2) is 5.69 Å². The lowest BCUT2D eigenvalue weighted by molar-refractivity contribution is 0.0689. The van der Waals surface area contributed by atoms with Crippen molar-refractivity contribution in [1.29, 1.82) is 0 Å². The lowest BCUT2D eigenvalue weighted by Crippen LogP contribution is -2.28. The standard InChI is InChI=1S/C20H17N3O3/c24-19(21-16-11-15(16)13-7-3-1-4-8-13)18-12-17(20(25)26)22-23(18)14-9-5-2-6-10-14/h1-10,12,15-16H,11H2,(H,21,24)(H,25,26)/t15-,16-/m1/s1. The van der Waals surface area contributed by atoms with Crippen LogP contribution in [-0.4, -0.2) is 32.8 Å². The highest BCUT2D eigenvalue weighted by Crippen LogP contribution is 2.40. The lowest BCUT2D eigenvalue weighted by atomic mass is 10.1. The lowest BCUT2D eigenvalue weighted by Gasteiger charge is -2.08. The minimum atomic E-state index is -1.16. The van der Waals surface area contributed by atoms with Crippen LogP contribution in [0.15, 0.2) is 66.7 Å². The summed E-state index contributed by atoms with van der Waals surface area (Å²) in [7, 11) is 0. The molecule has 2 aromatic carbocycles. The molecule has 3 aromatic rings. The molecule has 0 unspecified atom stereocenters. The Morgan fingerprint density at radius 1 is 1.04 bits per heavy atom. The molecule has 0 radical (unpaired) electrons. The van der Waals surface area contributed by atoms with E-state index in [4.69, 9.17) is 0 Å². The molecule has 0 spiro atoms. The van der Waals surface area contributed by atoms with Crippen LogP contribution >= 0.6 is 0 Å². The summed E-state index contributed by atoms with van der Waals surface area (Å²) in [5.41, 5.74) is 1.89. The highest BCUT2D eigenvalue weighted by Gasteiger charge is 2.40. The second-order valence-corrected chi connectivity index (χ2v) is 6.30. The van der Waals surface area contributed by atoms with E-state index in [0.29, 0.717) is 11.6 Å². The smallest absolute Gasteiger partial charge is 0.356 e. The van der Waals surface area contributed by atoms with Gasteiger partial charge in [-0.25, -0.2) is 9.48 Å². The van der Waals surface area contributed by atoms with Crippen molar-refractivity contribution in [3.05, 3.63) is 83.7 Å². The number of carbonyl (C=O) groups excluding carboxylic acids is 1. The van der Waals surface area contributed by atoms with Gasteiger partial charge in [0.2, 0.25) is 0 Å². The van der Waals surface area contributed by atoms with Crippen molar-refractivity contribution >= 4 is 11.9 Å². The van der Waals surface area contributed by atoms with Crippen molar-refractivity contribution in [1.82, 2.24) is 15.1 Å². The van der Waals surface area contributed by atoms with Gasteiger partial charge in [-0.1, -0.05) is 48.5 Å². The topological polar surface area (TPSA) is 84.2 Å². The molecule has 1 aliphatic carbocycles. The molecule has 0 saturated heterocycles. The third-order valence-electron chi connectivity index (χ3n) is 4.50. The zero-order valence-corrected chi connectivity index (χ0v) is 13.9. The first kappa shape index (κ1) is 16.1. The second kappa shape index (κ2) is 6.48. The molecule has 4 rings (SSSR count). The van der Waals surface area contributed by atoms with Gasteiger partial charge in [-0.3, -0.25) is 4.79 Å². The van der Waals surface area contributed by atoms with E-state index >= 15 is 0 Å². The predicted octanol–water partition coefficient (Wildman–Crippen LogP) is 2.86. The second-order valence-electron chi connectivity index (χ2n) is 6.30. The van der Waals surface area contributed by atoms with Crippen LogP contribution in [0.1, 0.15) is 38.9 Å². The zero-order chi connectivity index (χ0) is 18.1. The Kier molecular flexibility index (Phi) is 4.01. The number of nitrogens with one attached hydrogen (secondary N) is 1. The van der Waals surface area contributed by atoms with Crippen LogP contribution < -0.4 is 5.32 Å². The summed E-state index contributed by atoms with van der Waals surface area (Å²) in [6, 6.07) is 20.4. The van der Waals surface area contributed by atoms with Crippen LogP contribution in [0.2, 0.25) is 0 Å². The zero-order valence-electron chi connectivity index (χ0n) is 13.9. The maximum Gasteiger partial charge on any atom is 0.356 e. The summed E-state index contributed by atoms with van der Waals surface area (Å²) in [5, 5.41) is 16.3. The number of aromatic nitrogens is 2. The Balaban J connectivity index is 1.57. The molecule has 6 nitrogen and oxygen atoms in total. The van der Waals surface area contributed by atoms with E-state index in [-0.39, 0.29) is 23.3 Å². The number of aromatic carboxylic acids is 1. The Bertz CT molecular complexity index is 951. The number of nitrogens with zero attached hydrogens (tertiary/aromatic N) is 2. The fourth-order valence-corrected chi connectivity index (χ4v) is 3.08. The van der Waals surface area contributed by atoms with E-state index in [1.165, 1.54) is 16.3 Å². The van der Waals surface area contributed by atoms with E-state index < -0.39 is 5.97 Å². The van der Waals surface area contributed by atoms with E-state index in [1.807, 2.05) is 48.5 Å². The van der Waals surface area contributed by atoms with Crippen LogP contribution in [0.5, 0.6) is 0 Å². The van der Waals surface area contributed by atoms with Crippen molar-refractivity contribution in [2.45, 2.75) is 18.4 Å². The van der Waals surface area contributed by atoms with Crippen molar-refractivity contribution in [2.24, 2.45) is 0 Å². The quantitative estimate of drug-likeness (QED) is 0.743. The molecule has 1 aromatic heterocycles. The highest BCUT2D eigenvalue weighted by atomic mass is 16.4. The number of carboxylic acids is 1. The average Bonchev–Trinajstić information content (AvgIpc) is 3.28. The first-order valence-electron chi connectivity index (χ1n) is 8.38. The van der Waals surface area contributed by atoms with Crippen molar-refractivity contribution in [3.63, 3.8) is 0 Å². The van der Waals surface area contributed by atoms with Crippen LogP contribution in [0.4, 0.5) is 0 Å². The minimum absolute atomic E-state index is 0.0531. The number of hydrogen-bond donors (Lipinski definition) is 2. The van der Waals surface area contributed by atoms with Gasteiger partial charge in [0.05, 0.1) is 5.69 Å². The van der Waals surface area contributed by atoms with Crippen molar-refractivity contribution in [3.8, 4) is 5.69 Å². The number of carbonyl (C=O) groups is 2. The van der Waals surface area contributed by atoms with Gasteiger partial charge < -0.3 is 10.4 Å². The number of benzene rings is 2. The largest absolute Gasteiger partial charge is 0.476 e. The summed E-state index contributed by atoms with van der Waals surface area (Å²) in [6.45, 7) is 0. The summed E-state index contributed by atoms with van der Waals surface area (Å²) in [4.78, 5) is 24.0. The molecular formula is C20H17N3O3. The third-order valence-corrected chi connectivity index (χ3v) is 4.50. The molecule has 1 heterocycles. The summed E-state index contributed by atoms with van der Waals surface area (Å²) in [5.74, 6) is -1.19. The molecule has 2 atom stereocenters. The molecule has 1 saturated carbocycles. The monoisotopic (exact) mass is 347 g/mol. The fraction of sp³-hybridized carbons (Fsp3) is 0.150. The summed E-state index contributed by atoms with van der Waals surface area (Å²) in [6.07, 6.45) is 0.876. The van der Waals surface area contributed by atoms with Gasteiger partial charge in [-0.15, -0.1) is 0 Å². The van der Waals surface area contributed by atoms with E-state index in [2.05, 4.69) is 10.4 Å². The Morgan fingerprint density at radius 2 is 1.69 bits per heavy atom. The minimum Gasteiger partial charge on any atom is -0.476 e. The molecule has 1 aliphatic rings. The Morgan fingerprint density at radius 3 is 2.35 bits per heavy atom. The average molecular weight is 347 g/mol. The Hall–Kier alpha value is -3.41. The maximum absolute atomic E-state index is 12.7. The summed E-state index contributed by atoms with van der Waals surface area (Å²) >= 11 is 0. The number of rotatable bonds is 5. The number of para-hydroxylation sites is 1. The molecule has 1 amide bonds. The van der Waals surface area contributed by atoms with Gasteiger partial charge in [-0.05, 0) is 24.1 Å². The Labute approximate surface area is 150 Å². The van der Waals surface area contributed by atoms with Gasteiger partial charge in [0.25, 0.3) is 5.91 Å². The van der Waals surface area contributed by atoms with Gasteiger partial charge in [0.1, 0.15) is 5.69 Å². The van der Waals surface area contributed by atoms with Crippen molar-refractivity contribution < 1.29 is 14.7 Å². The molecule has 0 aliphatic heterocycles. The van der Waals surface area contributed by atoms with E-state index in [0.717, 1.165) is 6.42 Å². The first-order chi connectivity index (χ1) is 12.6. The highest BCUT2D eigenvalue weighted by molar-refractivity contribution is 5.96. The predicted molar refractivity (Wildman–Crippen MR) is 95.6 cm³/mol. The number of hydrogen-bond acceptors (Lipinski definition) is 3. The molecule has 1 fully saturated rings. The SMILES string of the molecule is O=C(O)c1cc(C(=O)N[C@@H]2C[C@@H]2c2ccccc2)n(-c2ccccc2)n1. The normalized spacial score (nSPS) is 18.3. The van der Waals surface area contributed by atoms with E-state index in [9.17, 15) is 14.7 Å². The van der Waals surface area contributed by atoms with Gasteiger partial charge in [0, 0.05) is 18.0 Å². The maximum atomic E-state index is 12.7. The molecule has 130 valence electrons. The molecule has 2 N–H and O–H groups in total. The first-order valence-corrected chi connectivity index (χ1v) is 8.38. The molecule has 6 heteroatoms. The van der Waals surface area contributed by atoms with Crippen LogP contribution in [0.3, 0.4) is 0 Å². The number of amides is 1. The van der Waals surface area contributed by atoms with Gasteiger partial charge >= 0.3 is 5.97 Å². The summed E-state index contributed by atoms with van der Waals surface area (Å²) < 4.78 is 1.37. The van der Waals surface area contributed by atoms with E-state index in [1.54, 1.807) is 12.1 Å². The van der Waals surface area contributed by atoms with Crippen LogP contribution in [0, 0.1) is 0 Å². The third kappa shape index (κ3) is 3.09. The van der Waals surface area contributed by atoms with Crippen LogP contribution in [0.25, 0.3) is 5.69 Å². The van der Waals surface area contributed by atoms with Gasteiger partial charge in [-0.2, -0.15) is 5.10 Å². The molecule has 0 bridgehead atoms.